The van der Waals surface area contributed by atoms with Crippen molar-refractivity contribution < 1.29 is 4.79 Å². The molecule has 16 heavy (non-hydrogen) atoms. The third-order valence-corrected chi connectivity index (χ3v) is 3.66. The molecule has 2 aromatic rings. The Hall–Kier alpha value is -1.63. The van der Waals surface area contributed by atoms with Crippen LogP contribution in [0.2, 0.25) is 0 Å². The molecule has 80 valence electrons. The fourth-order valence-electron chi connectivity index (χ4n) is 2.53. The summed E-state index contributed by atoms with van der Waals surface area (Å²) in [5, 5.41) is 2.51. The van der Waals surface area contributed by atoms with Crippen molar-refractivity contribution in [1.82, 2.24) is 0 Å². The number of carbonyl (C=O) groups excluding carboxylic acids is 1. The van der Waals surface area contributed by atoms with Crippen LogP contribution < -0.4 is 0 Å². The third kappa shape index (κ3) is 1.21. The summed E-state index contributed by atoms with van der Waals surface area (Å²) in [4.78, 5) is 11.2. The number of aldehydes is 1. The Morgan fingerprint density at radius 3 is 2.44 bits per heavy atom. The van der Waals surface area contributed by atoms with Gasteiger partial charge in [-0.2, -0.15) is 0 Å². The summed E-state index contributed by atoms with van der Waals surface area (Å²) in [6.07, 6.45) is 3.14. The summed E-state index contributed by atoms with van der Waals surface area (Å²) in [5.41, 5.74) is 2.31. The lowest BCUT2D eigenvalue weighted by Gasteiger charge is -2.13. The smallest absolute Gasteiger partial charge is 0.130 e. The molecule has 1 fully saturated rings. The first-order valence-electron chi connectivity index (χ1n) is 5.72. The van der Waals surface area contributed by atoms with Crippen LogP contribution in [0.3, 0.4) is 0 Å². The van der Waals surface area contributed by atoms with Gasteiger partial charge in [-0.3, -0.25) is 0 Å². The molecule has 0 N–H and O–H groups in total. The van der Waals surface area contributed by atoms with E-state index in [4.69, 9.17) is 0 Å². The highest BCUT2D eigenvalue weighted by molar-refractivity contribution is 5.93. The standard InChI is InChI=1S/C15H14O/c1-11-4-2-5-12-6-3-7-13(14(11)12)15(10-16)8-9-15/h2-7,10H,8-9H2,1H3. The number of benzene rings is 2. The molecule has 0 saturated heterocycles. The normalized spacial score (nSPS) is 17.3. The van der Waals surface area contributed by atoms with Crippen molar-refractivity contribution in [3.05, 3.63) is 47.5 Å². The largest absolute Gasteiger partial charge is 0.302 e. The number of rotatable bonds is 2. The summed E-state index contributed by atoms with van der Waals surface area (Å²) in [5.74, 6) is 0. The van der Waals surface area contributed by atoms with Gasteiger partial charge >= 0.3 is 0 Å². The number of carbonyl (C=O) groups is 1. The van der Waals surface area contributed by atoms with E-state index in [0.717, 1.165) is 19.1 Å². The molecule has 1 aliphatic carbocycles. The van der Waals surface area contributed by atoms with Crippen LogP contribution in [-0.2, 0) is 10.2 Å². The van der Waals surface area contributed by atoms with Crippen LogP contribution in [0.1, 0.15) is 24.0 Å². The van der Waals surface area contributed by atoms with Crippen LogP contribution in [0.5, 0.6) is 0 Å². The van der Waals surface area contributed by atoms with Gasteiger partial charge in [-0.25, -0.2) is 0 Å². The van der Waals surface area contributed by atoms with Gasteiger partial charge in [0, 0.05) is 0 Å². The van der Waals surface area contributed by atoms with Crippen LogP contribution in [0, 0.1) is 6.92 Å². The number of aryl methyl sites for hydroxylation is 1. The zero-order valence-electron chi connectivity index (χ0n) is 9.36. The predicted molar refractivity (Wildman–Crippen MR) is 65.7 cm³/mol. The molecule has 0 aromatic heterocycles. The SMILES string of the molecule is Cc1cccc2cccc(C3(C=O)CC3)c12. The monoisotopic (exact) mass is 210 g/mol. The van der Waals surface area contributed by atoms with Crippen molar-refractivity contribution in [3.8, 4) is 0 Å². The van der Waals surface area contributed by atoms with E-state index in [0.29, 0.717) is 0 Å². The summed E-state index contributed by atoms with van der Waals surface area (Å²) in [6.45, 7) is 2.12. The molecule has 0 amide bonds. The molecule has 1 nitrogen and oxygen atoms in total. The van der Waals surface area contributed by atoms with E-state index in [1.54, 1.807) is 0 Å². The zero-order valence-corrected chi connectivity index (χ0v) is 9.36. The molecule has 3 rings (SSSR count). The maximum absolute atomic E-state index is 11.2. The average Bonchev–Trinajstić information content (AvgIpc) is 3.10. The first-order valence-corrected chi connectivity index (χ1v) is 5.72. The molecule has 1 heteroatoms. The fraction of sp³-hybridized carbons (Fsp3) is 0.267. The average molecular weight is 210 g/mol. The molecule has 0 unspecified atom stereocenters. The summed E-state index contributed by atoms with van der Waals surface area (Å²) >= 11 is 0. The quantitative estimate of drug-likeness (QED) is 0.694. The molecule has 1 aliphatic rings. The molecule has 0 radical (unpaired) electrons. The molecule has 0 spiro atoms. The first-order chi connectivity index (χ1) is 7.77. The fourth-order valence-corrected chi connectivity index (χ4v) is 2.53. The van der Waals surface area contributed by atoms with Crippen molar-refractivity contribution in [3.63, 3.8) is 0 Å². The highest BCUT2D eigenvalue weighted by Gasteiger charge is 2.45. The van der Waals surface area contributed by atoms with E-state index in [1.165, 1.54) is 21.9 Å². The second kappa shape index (κ2) is 3.18. The van der Waals surface area contributed by atoms with Crippen molar-refractivity contribution in [1.29, 1.82) is 0 Å². The molecular weight excluding hydrogens is 196 g/mol. The molecule has 0 heterocycles. The minimum atomic E-state index is -0.175. The van der Waals surface area contributed by atoms with Crippen LogP contribution in [0.4, 0.5) is 0 Å². The second-order valence-electron chi connectivity index (χ2n) is 4.75. The van der Waals surface area contributed by atoms with Crippen LogP contribution >= 0.6 is 0 Å². The van der Waals surface area contributed by atoms with Crippen molar-refractivity contribution >= 4 is 17.1 Å². The lowest BCUT2D eigenvalue weighted by molar-refractivity contribution is -0.109. The van der Waals surface area contributed by atoms with Gasteiger partial charge in [-0.15, -0.1) is 0 Å². The Kier molecular flexibility index (Phi) is 1.90. The lowest BCUT2D eigenvalue weighted by atomic mass is 9.90. The van der Waals surface area contributed by atoms with Gasteiger partial charge in [-0.1, -0.05) is 36.4 Å². The summed E-state index contributed by atoms with van der Waals surface area (Å²) in [6, 6.07) is 12.6. The molecule has 2 aromatic carbocycles. The van der Waals surface area contributed by atoms with E-state index in [2.05, 4.69) is 43.3 Å². The Morgan fingerprint density at radius 2 is 1.81 bits per heavy atom. The van der Waals surface area contributed by atoms with E-state index >= 15 is 0 Å². The highest BCUT2D eigenvalue weighted by atomic mass is 16.1. The molecule has 0 bridgehead atoms. The van der Waals surface area contributed by atoms with Crippen molar-refractivity contribution in [2.75, 3.05) is 0 Å². The summed E-state index contributed by atoms with van der Waals surface area (Å²) in [7, 11) is 0. The van der Waals surface area contributed by atoms with E-state index in [-0.39, 0.29) is 5.41 Å². The molecule has 0 aliphatic heterocycles. The van der Waals surface area contributed by atoms with Crippen molar-refractivity contribution in [2.24, 2.45) is 0 Å². The van der Waals surface area contributed by atoms with Gasteiger partial charge in [0.2, 0.25) is 0 Å². The van der Waals surface area contributed by atoms with Gasteiger partial charge < -0.3 is 4.79 Å². The van der Waals surface area contributed by atoms with Crippen LogP contribution in [0.25, 0.3) is 10.8 Å². The maximum atomic E-state index is 11.2. The van der Waals surface area contributed by atoms with E-state index in [1.807, 2.05) is 0 Å². The van der Waals surface area contributed by atoms with E-state index < -0.39 is 0 Å². The Bertz CT molecular complexity index is 559. The minimum absolute atomic E-state index is 0.175. The van der Waals surface area contributed by atoms with Gasteiger partial charge in [0.05, 0.1) is 5.41 Å². The van der Waals surface area contributed by atoms with Gasteiger partial charge in [0.1, 0.15) is 6.29 Å². The Labute approximate surface area is 95.1 Å². The highest BCUT2D eigenvalue weighted by Crippen LogP contribution is 2.48. The van der Waals surface area contributed by atoms with E-state index in [9.17, 15) is 4.79 Å². The van der Waals surface area contributed by atoms with Gasteiger partial charge in [0.25, 0.3) is 0 Å². The number of hydrogen-bond donors (Lipinski definition) is 0. The van der Waals surface area contributed by atoms with Crippen molar-refractivity contribution in [2.45, 2.75) is 25.2 Å². The zero-order chi connectivity index (χ0) is 11.2. The molecular formula is C15H14O. The first kappa shape index (κ1) is 9.59. The molecule has 0 atom stereocenters. The van der Waals surface area contributed by atoms with Crippen LogP contribution in [-0.4, -0.2) is 6.29 Å². The minimum Gasteiger partial charge on any atom is -0.302 e. The maximum Gasteiger partial charge on any atom is 0.130 e. The van der Waals surface area contributed by atoms with Gasteiger partial charge in [0.15, 0.2) is 0 Å². The molecule has 1 saturated carbocycles. The second-order valence-corrected chi connectivity index (χ2v) is 4.75. The Morgan fingerprint density at radius 1 is 1.12 bits per heavy atom. The van der Waals surface area contributed by atoms with Crippen LogP contribution in [0.15, 0.2) is 36.4 Å². The number of fused-ring (bicyclic) bond motifs is 1. The third-order valence-electron chi connectivity index (χ3n) is 3.66. The number of hydrogen-bond acceptors (Lipinski definition) is 1. The summed E-state index contributed by atoms with van der Waals surface area (Å²) < 4.78 is 0. The van der Waals surface area contributed by atoms with Gasteiger partial charge in [-0.05, 0) is 41.7 Å². The topological polar surface area (TPSA) is 17.1 Å². The Balaban J connectivity index is 2.37. The predicted octanol–water partition coefficient (Wildman–Crippen LogP) is 3.38. The lowest BCUT2D eigenvalue weighted by Crippen LogP contribution is -2.08.